The van der Waals surface area contributed by atoms with Crippen molar-refractivity contribution in [3.8, 4) is 11.1 Å². The summed E-state index contributed by atoms with van der Waals surface area (Å²) in [7, 11) is 1.33. The Kier molecular flexibility index (Phi) is 3.95. The maximum absolute atomic E-state index is 14.1. The molecule has 2 nitrogen and oxygen atoms in total. The highest BCUT2D eigenvalue weighted by Gasteiger charge is 2.17. The molecule has 0 amide bonds. The third-order valence-electron chi connectivity index (χ3n) is 3.13. The van der Waals surface area contributed by atoms with Gasteiger partial charge in [-0.05, 0) is 24.1 Å². The van der Waals surface area contributed by atoms with E-state index < -0.39 is 5.92 Å². The van der Waals surface area contributed by atoms with Gasteiger partial charge in [0.2, 0.25) is 0 Å². The molecule has 2 aromatic rings. The first-order valence-electron chi connectivity index (χ1n) is 6.06. The minimum atomic E-state index is -0.468. The summed E-state index contributed by atoms with van der Waals surface area (Å²) >= 11 is 0. The number of esters is 1. The number of rotatable bonds is 3. The van der Waals surface area contributed by atoms with Crippen LogP contribution in [0.3, 0.4) is 0 Å². The summed E-state index contributed by atoms with van der Waals surface area (Å²) < 4.78 is 18.8. The van der Waals surface area contributed by atoms with E-state index in [0.717, 1.165) is 5.56 Å². The third-order valence-corrected chi connectivity index (χ3v) is 3.13. The van der Waals surface area contributed by atoms with Crippen molar-refractivity contribution < 1.29 is 13.9 Å². The van der Waals surface area contributed by atoms with Crippen LogP contribution in [0, 0.1) is 5.82 Å². The van der Waals surface area contributed by atoms with Crippen LogP contribution >= 0.6 is 0 Å². The monoisotopic (exact) mass is 257 g/mol. The summed E-state index contributed by atoms with van der Waals surface area (Å²) in [4.78, 5) is 11.4. The summed E-state index contributed by atoms with van der Waals surface area (Å²) in [6.45, 7) is 1.70. The van der Waals surface area contributed by atoms with Gasteiger partial charge in [-0.15, -0.1) is 0 Å². The molecule has 0 unspecified atom stereocenters. The predicted octanol–water partition coefficient (Wildman–Crippen LogP) is 3.77. The highest BCUT2D eigenvalue weighted by atomic mass is 19.1. The number of carbonyl (C=O) groups is 1. The van der Waals surface area contributed by atoms with Crippen molar-refractivity contribution in [3.63, 3.8) is 0 Å². The van der Waals surface area contributed by atoms with Gasteiger partial charge in [-0.3, -0.25) is 4.79 Å². The van der Waals surface area contributed by atoms with Crippen LogP contribution in [0.15, 0.2) is 48.5 Å². The molecule has 2 aromatic carbocycles. The molecule has 1 atom stereocenters. The Morgan fingerprint density at radius 1 is 1.16 bits per heavy atom. The number of hydrogen-bond acceptors (Lipinski definition) is 2. The minimum Gasteiger partial charge on any atom is -0.469 e. The molecular weight excluding hydrogens is 242 g/mol. The Morgan fingerprint density at radius 3 is 2.42 bits per heavy atom. The lowest BCUT2D eigenvalue weighted by molar-refractivity contribution is -0.141. The minimum absolute atomic E-state index is 0.334. The molecule has 0 aliphatic rings. The van der Waals surface area contributed by atoms with Gasteiger partial charge in [0.15, 0.2) is 0 Å². The lowest BCUT2D eigenvalue weighted by atomic mass is 9.86. The van der Waals surface area contributed by atoms with Gasteiger partial charge in [0.25, 0.3) is 0 Å². The van der Waals surface area contributed by atoms with E-state index in [9.17, 15) is 9.18 Å². The van der Waals surface area contributed by atoms with Crippen LogP contribution in [0.4, 0.5) is 4.39 Å². The maximum Gasteiger partial charge on any atom is 0.312 e. The second-order valence-electron chi connectivity index (χ2n) is 4.35. The molecule has 0 saturated carbocycles. The van der Waals surface area contributed by atoms with Gasteiger partial charge in [0, 0.05) is 5.56 Å². The Morgan fingerprint density at radius 2 is 1.84 bits per heavy atom. The summed E-state index contributed by atoms with van der Waals surface area (Å²) in [5, 5.41) is 0. The largest absolute Gasteiger partial charge is 0.469 e. The van der Waals surface area contributed by atoms with E-state index in [1.165, 1.54) is 13.2 Å². The van der Waals surface area contributed by atoms with Crippen molar-refractivity contribution in [3.05, 3.63) is 59.9 Å². The maximum atomic E-state index is 14.1. The molecule has 0 saturated heterocycles. The zero-order valence-electron chi connectivity index (χ0n) is 10.9. The van der Waals surface area contributed by atoms with Crippen LogP contribution in [0.5, 0.6) is 0 Å². The van der Waals surface area contributed by atoms with Gasteiger partial charge in [-0.25, -0.2) is 4.39 Å². The summed E-state index contributed by atoms with van der Waals surface area (Å²) in [6.07, 6.45) is 0. The summed E-state index contributed by atoms with van der Waals surface area (Å²) in [6, 6.07) is 14.1. The summed E-state index contributed by atoms with van der Waals surface area (Å²) in [5.74, 6) is -1.17. The van der Waals surface area contributed by atoms with Gasteiger partial charge in [-0.2, -0.15) is 0 Å². The molecule has 0 aliphatic heterocycles. The van der Waals surface area contributed by atoms with Crippen molar-refractivity contribution in [2.45, 2.75) is 12.8 Å². The number of halogens is 1. The van der Waals surface area contributed by atoms with Crippen LogP contribution in [0.2, 0.25) is 0 Å². The molecule has 0 N–H and O–H groups in total. The first kappa shape index (κ1) is 13.3. The fourth-order valence-corrected chi connectivity index (χ4v) is 1.97. The zero-order valence-corrected chi connectivity index (χ0v) is 10.9. The predicted molar refractivity (Wildman–Crippen MR) is 72.3 cm³/mol. The van der Waals surface area contributed by atoms with E-state index in [1.54, 1.807) is 19.1 Å². The van der Waals surface area contributed by atoms with Crippen molar-refractivity contribution in [2.24, 2.45) is 0 Å². The number of ether oxygens (including phenoxy) is 1. The van der Waals surface area contributed by atoms with Gasteiger partial charge >= 0.3 is 5.97 Å². The Labute approximate surface area is 111 Å². The second-order valence-corrected chi connectivity index (χ2v) is 4.35. The average Bonchev–Trinajstić information content (AvgIpc) is 2.46. The van der Waals surface area contributed by atoms with Crippen molar-refractivity contribution in [2.75, 3.05) is 7.11 Å². The Balaban J connectivity index is 2.35. The van der Waals surface area contributed by atoms with Crippen molar-refractivity contribution in [1.82, 2.24) is 0 Å². The molecule has 0 radical (unpaired) electrons. The molecule has 98 valence electrons. The molecule has 19 heavy (non-hydrogen) atoms. The van der Waals surface area contributed by atoms with Crippen LogP contribution in [-0.4, -0.2) is 13.1 Å². The fraction of sp³-hybridized carbons (Fsp3) is 0.188. The Hall–Kier alpha value is -2.16. The molecular formula is C16H15FO2. The smallest absolute Gasteiger partial charge is 0.312 e. The van der Waals surface area contributed by atoms with Gasteiger partial charge in [-0.1, -0.05) is 42.5 Å². The van der Waals surface area contributed by atoms with Gasteiger partial charge < -0.3 is 4.74 Å². The first-order chi connectivity index (χ1) is 9.13. The normalized spacial score (nSPS) is 11.9. The molecule has 0 aliphatic carbocycles. The standard InChI is InChI=1S/C16H15FO2/c1-11(16(18)19-2)13-8-9-14(15(17)10-13)12-6-4-3-5-7-12/h3-11H,1-2H3/t11-/m1/s1/i1-1. The molecule has 2 rings (SSSR count). The van der Waals surface area contributed by atoms with E-state index in [2.05, 4.69) is 4.74 Å². The number of hydrogen-bond donors (Lipinski definition) is 0. The van der Waals surface area contributed by atoms with Crippen LogP contribution in [0.25, 0.3) is 11.1 Å². The van der Waals surface area contributed by atoms with Gasteiger partial charge in [0.1, 0.15) is 5.82 Å². The number of methoxy groups -OCH3 is 1. The Bertz CT molecular complexity index is 579. The number of benzene rings is 2. The zero-order chi connectivity index (χ0) is 13.8. The lowest BCUT2D eigenvalue weighted by Crippen LogP contribution is -2.11. The fourth-order valence-electron chi connectivity index (χ4n) is 1.97. The third kappa shape index (κ3) is 2.81. The molecule has 0 aromatic heterocycles. The van der Waals surface area contributed by atoms with Crippen molar-refractivity contribution in [1.29, 1.82) is 0 Å². The van der Waals surface area contributed by atoms with E-state index in [1.807, 2.05) is 30.3 Å². The van der Waals surface area contributed by atoms with E-state index in [4.69, 9.17) is 0 Å². The molecule has 0 heterocycles. The number of carbonyl (C=O) groups excluding carboxylic acids is 1. The van der Waals surface area contributed by atoms with E-state index >= 15 is 0 Å². The SMILES string of the molecule is COC(=O)[C@H]([11CH3])c1ccc(-c2ccccc2)c(F)c1. The van der Waals surface area contributed by atoms with Gasteiger partial charge in [0.05, 0.1) is 13.0 Å². The summed E-state index contributed by atoms with van der Waals surface area (Å²) in [5.41, 5.74) is 1.96. The molecule has 0 bridgehead atoms. The highest BCUT2D eigenvalue weighted by molar-refractivity contribution is 5.78. The topological polar surface area (TPSA) is 26.3 Å². The van der Waals surface area contributed by atoms with Crippen LogP contribution in [-0.2, 0) is 9.53 Å². The molecule has 0 fully saturated rings. The molecule has 0 spiro atoms. The quantitative estimate of drug-likeness (QED) is 0.782. The first-order valence-corrected chi connectivity index (χ1v) is 6.06. The van der Waals surface area contributed by atoms with Crippen LogP contribution < -0.4 is 0 Å². The molecule has 3 heteroatoms. The van der Waals surface area contributed by atoms with E-state index in [0.29, 0.717) is 11.1 Å². The van der Waals surface area contributed by atoms with Crippen molar-refractivity contribution >= 4 is 5.97 Å². The lowest BCUT2D eigenvalue weighted by Gasteiger charge is -2.11. The van der Waals surface area contributed by atoms with E-state index in [-0.39, 0.29) is 11.8 Å². The average molecular weight is 257 g/mol. The second kappa shape index (κ2) is 5.65. The highest BCUT2D eigenvalue weighted by Crippen LogP contribution is 2.26. The van der Waals surface area contributed by atoms with Crippen LogP contribution in [0.1, 0.15) is 18.4 Å².